The van der Waals surface area contributed by atoms with Crippen LogP contribution in [0, 0.1) is 21.7 Å². The number of rotatable bonds is 15. The number of carboxylic acids is 1. The van der Waals surface area contributed by atoms with Gasteiger partial charge in [0.25, 0.3) is 0 Å². The van der Waals surface area contributed by atoms with Crippen LogP contribution in [0.15, 0.2) is 0 Å². The van der Waals surface area contributed by atoms with Gasteiger partial charge in [0.15, 0.2) is 5.90 Å². The molecule has 0 radical (unpaired) electrons. The molecule has 0 aliphatic carbocycles. The number of nitrogens with two attached hydrogens (primary N) is 1. The Kier molecular flexibility index (Phi) is 12.4. The van der Waals surface area contributed by atoms with E-state index >= 15 is 0 Å². The summed E-state index contributed by atoms with van der Waals surface area (Å²) in [6.45, 7) is 20.1. The first-order valence-corrected chi connectivity index (χ1v) is 14.5. The Morgan fingerprint density at radius 3 is 2.03 bits per heavy atom. The number of hydrogen-bond acceptors (Lipinski definition) is 7. The van der Waals surface area contributed by atoms with Crippen molar-refractivity contribution in [2.24, 2.45) is 22.0 Å². The van der Waals surface area contributed by atoms with Crippen LogP contribution < -0.4 is 5.73 Å². The van der Waals surface area contributed by atoms with Gasteiger partial charge in [0.2, 0.25) is 0 Å². The fourth-order valence-electron chi connectivity index (χ4n) is 3.72. The summed E-state index contributed by atoms with van der Waals surface area (Å²) in [5.74, 6) is -1.06. The lowest BCUT2D eigenvalue weighted by Gasteiger charge is -2.47. The molecule has 0 rings (SSSR count). The molecule has 4 unspecified atom stereocenters. The number of hydrogen-bond donors (Lipinski definition) is 4. The summed E-state index contributed by atoms with van der Waals surface area (Å²) in [7, 11) is -4.50. The number of carbonyl (C=O) groups is 1. The number of carboxylic acid groups (broad SMARTS) is 1. The van der Waals surface area contributed by atoms with Crippen LogP contribution in [0.4, 0.5) is 0 Å². The molecule has 0 amide bonds. The van der Waals surface area contributed by atoms with Crippen molar-refractivity contribution < 1.29 is 33.1 Å². The van der Waals surface area contributed by atoms with Crippen molar-refractivity contribution in [1.82, 2.24) is 0 Å². The van der Waals surface area contributed by atoms with Crippen LogP contribution in [0.25, 0.3) is 0 Å². The van der Waals surface area contributed by atoms with Gasteiger partial charge >= 0.3 is 13.8 Å². The molecule has 0 saturated carbocycles. The lowest BCUT2D eigenvalue weighted by molar-refractivity contribution is -0.139. The first kappa shape index (κ1) is 34.7. The predicted octanol–water partition coefficient (Wildman–Crippen LogP) is 6.16. The summed E-state index contributed by atoms with van der Waals surface area (Å²) in [6.07, 6.45) is 2.71. The summed E-state index contributed by atoms with van der Waals surface area (Å²) >= 11 is 2.28. The van der Waals surface area contributed by atoms with Crippen molar-refractivity contribution >= 4 is 42.3 Å². The van der Waals surface area contributed by atoms with Crippen molar-refractivity contribution in [2.45, 2.75) is 110 Å². The van der Waals surface area contributed by atoms with Gasteiger partial charge in [0, 0.05) is 5.41 Å². The molecule has 4 atom stereocenters. The van der Waals surface area contributed by atoms with E-state index in [1.807, 2.05) is 6.92 Å². The first-order valence-electron chi connectivity index (χ1n) is 12.0. The second kappa shape index (κ2) is 12.5. The van der Waals surface area contributed by atoms with Gasteiger partial charge in [0.05, 0.1) is 15.6 Å². The SMILES string of the molecule is CCC(C)(C)C(C)(CC(C)(C)C)C(=N)OCC(C)(I)CCC(C)(C)OP(=O)(O)OCC(N)C(=O)O. The zero-order chi connectivity index (χ0) is 28.1. The van der Waals surface area contributed by atoms with E-state index in [9.17, 15) is 14.3 Å². The van der Waals surface area contributed by atoms with Gasteiger partial charge in [-0.3, -0.25) is 19.3 Å². The van der Waals surface area contributed by atoms with Crippen molar-refractivity contribution in [2.75, 3.05) is 13.2 Å². The average Bonchev–Trinajstić information content (AvgIpc) is 2.66. The lowest BCUT2D eigenvalue weighted by Crippen LogP contribution is -2.46. The Morgan fingerprint density at radius 2 is 1.60 bits per heavy atom. The monoisotopic (exact) mass is 634 g/mol. The normalized spacial score (nSPS) is 19.2. The third-order valence-electron chi connectivity index (χ3n) is 6.63. The Hall–Kier alpha value is -0.260. The summed E-state index contributed by atoms with van der Waals surface area (Å²) in [4.78, 5) is 20.8. The van der Waals surface area contributed by atoms with Gasteiger partial charge in [-0.15, -0.1) is 0 Å². The quantitative estimate of drug-likeness (QED) is 0.0550. The molecule has 208 valence electrons. The van der Waals surface area contributed by atoms with E-state index in [2.05, 4.69) is 71.1 Å². The fourth-order valence-corrected chi connectivity index (χ4v) is 5.27. The molecular weight excluding hydrogens is 586 g/mol. The highest BCUT2D eigenvalue weighted by molar-refractivity contribution is 14.1. The molecule has 0 spiro atoms. The zero-order valence-electron chi connectivity index (χ0n) is 23.2. The molecule has 0 aliphatic heterocycles. The number of nitrogens with one attached hydrogen (secondary N) is 1. The maximum Gasteiger partial charge on any atom is 0.472 e. The molecule has 35 heavy (non-hydrogen) atoms. The maximum atomic E-state index is 12.3. The van der Waals surface area contributed by atoms with Crippen LogP contribution in [-0.4, -0.2) is 50.1 Å². The van der Waals surface area contributed by atoms with E-state index in [-0.39, 0.29) is 20.1 Å². The molecule has 11 heteroatoms. The smallest absolute Gasteiger partial charge is 0.472 e. The third kappa shape index (κ3) is 12.2. The van der Waals surface area contributed by atoms with Crippen molar-refractivity contribution in [1.29, 1.82) is 5.41 Å². The Labute approximate surface area is 225 Å². The van der Waals surface area contributed by atoms with Gasteiger partial charge in [-0.05, 0) is 57.3 Å². The van der Waals surface area contributed by atoms with E-state index in [0.29, 0.717) is 19.4 Å². The van der Waals surface area contributed by atoms with Crippen LogP contribution >= 0.6 is 30.4 Å². The molecule has 0 aromatic heterocycles. The highest BCUT2D eigenvalue weighted by Crippen LogP contribution is 2.50. The second-order valence-corrected chi connectivity index (χ2v) is 16.4. The van der Waals surface area contributed by atoms with Crippen molar-refractivity contribution in [3.8, 4) is 0 Å². The zero-order valence-corrected chi connectivity index (χ0v) is 26.2. The van der Waals surface area contributed by atoms with Crippen LogP contribution in [-0.2, 0) is 23.1 Å². The van der Waals surface area contributed by atoms with Crippen molar-refractivity contribution in [3.05, 3.63) is 0 Å². The van der Waals surface area contributed by atoms with E-state index in [1.54, 1.807) is 13.8 Å². The second-order valence-electron chi connectivity index (χ2n) is 12.4. The highest BCUT2D eigenvalue weighted by Gasteiger charge is 2.47. The summed E-state index contributed by atoms with van der Waals surface area (Å²) in [6, 6.07) is -1.42. The van der Waals surface area contributed by atoms with Gasteiger partial charge < -0.3 is 20.5 Å². The Balaban J connectivity index is 5.16. The standard InChI is InChI=1S/C24H48IN2O7P/c1-11-21(5,6)24(10,15-20(2,3)4)19(27)32-16-23(9,25)13-12-22(7,8)34-35(30,31)33-14-17(26)18(28)29/h17,27H,11-16,26H2,1-10H3,(H,28,29)(H,30,31). The molecule has 9 nitrogen and oxygen atoms in total. The number of halogens is 1. The first-order chi connectivity index (χ1) is 15.4. The fraction of sp³-hybridized carbons (Fsp3) is 0.917. The number of phosphoric ester groups is 1. The minimum absolute atomic E-state index is 0.0283. The van der Waals surface area contributed by atoms with Gasteiger partial charge in [-0.1, -0.05) is 71.1 Å². The number of ether oxygens (including phenoxy) is 1. The third-order valence-corrected chi connectivity index (χ3v) is 8.68. The van der Waals surface area contributed by atoms with Crippen LogP contribution in [0.3, 0.4) is 0 Å². The molecular formula is C24H48IN2O7P. The van der Waals surface area contributed by atoms with E-state index < -0.39 is 37.5 Å². The Bertz CT molecular complexity index is 780. The molecule has 0 saturated heterocycles. The summed E-state index contributed by atoms with van der Waals surface area (Å²) < 4.78 is 28.0. The molecule has 0 heterocycles. The number of alkyl halides is 1. The van der Waals surface area contributed by atoms with Crippen LogP contribution in [0.1, 0.15) is 94.9 Å². The Morgan fingerprint density at radius 1 is 1.09 bits per heavy atom. The molecule has 0 fully saturated rings. The van der Waals surface area contributed by atoms with Gasteiger partial charge in [0.1, 0.15) is 12.6 Å². The summed E-state index contributed by atoms with van der Waals surface area (Å²) in [5, 5.41) is 17.7. The molecule has 0 aliphatic rings. The number of phosphoric acid groups is 1. The number of aliphatic carboxylic acids is 1. The van der Waals surface area contributed by atoms with E-state index in [0.717, 1.165) is 12.8 Å². The molecule has 5 N–H and O–H groups in total. The summed E-state index contributed by atoms with van der Waals surface area (Å²) in [5.41, 5.74) is 3.76. The molecule has 0 aromatic carbocycles. The molecule has 0 bridgehead atoms. The predicted molar refractivity (Wildman–Crippen MR) is 148 cm³/mol. The van der Waals surface area contributed by atoms with E-state index in [4.69, 9.17) is 30.0 Å². The largest absolute Gasteiger partial charge is 0.480 e. The van der Waals surface area contributed by atoms with Crippen LogP contribution in [0.5, 0.6) is 0 Å². The van der Waals surface area contributed by atoms with Gasteiger partial charge in [-0.25, -0.2) is 4.57 Å². The topological polar surface area (TPSA) is 152 Å². The lowest BCUT2D eigenvalue weighted by atomic mass is 9.59. The average molecular weight is 635 g/mol. The van der Waals surface area contributed by atoms with Gasteiger partial charge in [-0.2, -0.15) is 0 Å². The van der Waals surface area contributed by atoms with Crippen molar-refractivity contribution in [3.63, 3.8) is 0 Å². The highest BCUT2D eigenvalue weighted by atomic mass is 127. The maximum absolute atomic E-state index is 12.3. The van der Waals surface area contributed by atoms with Crippen LogP contribution in [0.2, 0.25) is 0 Å². The minimum atomic E-state index is -4.50. The molecule has 0 aromatic rings. The van der Waals surface area contributed by atoms with E-state index in [1.165, 1.54) is 0 Å². The minimum Gasteiger partial charge on any atom is -0.480 e.